The molecule has 1 saturated carbocycles. The van der Waals surface area contributed by atoms with Gasteiger partial charge in [-0.05, 0) is 49.4 Å². The minimum atomic E-state index is -3.48. The minimum absolute atomic E-state index is 0.0523. The van der Waals surface area contributed by atoms with Gasteiger partial charge in [0.1, 0.15) is 0 Å². The summed E-state index contributed by atoms with van der Waals surface area (Å²) >= 11 is 0. The second kappa shape index (κ2) is 7.21. The first-order valence-corrected chi connectivity index (χ1v) is 9.86. The SMILES string of the molecule is COCC1CCN(C(=O)c2ccc(S(=O)(=O)NCC3CC3)cc2)C1. The molecule has 0 bridgehead atoms. The summed E-state index contributed by atoms with van der Waals surface area (Å²) in [5, 5.41) is 0. The summed E-state index contributed by atoms with van der Waals surface area (Å²) in [4.78, 5) is 14.5. The first-order chi connectivity index (χ1) is 11.5. The highest BCUT2D eigenvalue weighted by atomic mass is 32.2. The van der Waals surface area contributed by atoms with E-state index in [1.54, 1.807) is 24.1 Å². The highest BCUT2D eigenvalue weighted by molar-refractivity contribution is 7.89. The number of methoxy groups -OCH3 is 1. The van der Waals surface area contributed by atoms with Crippen LogP contribution < -0.4 is 4.72 Å². The van der Waals surface area contributed by atoms with Crippen LogP contribution in [0.2, 0.25) is 0 Å². The molecule has 6 nitrogen and oxygen atoms in total. The van der Waals surface area contributed by atoms with Crippen LogP contribution in [0, 0.1) is 11.8 Å². The topological polar surface area (TPSA) is 75.7 Å². The zero-order valence-electron chi connectivity index (χ0n) is 13.9. The van der Waals surface area contributed by atoms with Crippen LogP contribution >= 0.6 is 0 Å². The molecule has 1 N–H and O–H groups in total. The van der Waals surface area contributed by atoms with Crippen molar-refractivity contribution < 1.29 is 17.9 Å². The van der Waals surface area contributed by atoms with Crippen LogP contribution in [0.4, 0.5) is 0 Å². The van der Waals surface area contributed by atoms with E-state index in [9.17, 15) is 13.2 Å². The number of rotatable bonds is 7. The Morgan fingerprint density at radius 1 is 1.21 bits per heavy atom. The Hall–Kier alpha value is -1.44. The number of amides is 1. The fraction of sp³-hybridized carbons (Fsp3) is 0.588. The van der Waals surface area contributed by atoms with Crippen LogP contribution in [0.25, 0.3) is 0 Å². The molecule has 1 aromatic rings. The minimum Gasteiger partial charge on any atom is -0.384 e. The largest absolute Gasteiger partial charge is 0.384 e. The average molecular weight is 352 g/mol. The maximum Gasteiger partial charge on any atom is 0.253 e. The Morgan fingerprint density at radius 2 is 1.92 bits per heavy atom. The molecule has 1 unspecified atom stereocenters. The lowest BCUT2D eigenvalue weighted by atomic mass is 10.1. The van der Waals surface area contributed by atoms with Gasteiger partial charge in [-0.2, -0.15) is 0 Å². The average Bonchev–Trinajstić information content (AvgIpc) is 3.30. The Labute approximate surface area is 143 Å². The Kier molecular flexibility index (Phi) is 5.22. The van der Waals surface area contributed by atoms with Gasteiger partial charge >= 0.3 is 0 Å². The molecule has 1 atom stereocenters. The third-order valence-electron chi connectivity index (χ3n) is 4.65. The summed E-state index contributed by atoms with van der Waals surface area (Å²) in [6.45, 7) is 2.57. The van der Waals surface area contributed by atoms with Crippen LogP contribution in [0.1, 0.15) is 29.6 Å². The van der Waals surface area contributed by atoms with Crippen molar-refractivity contribution in [2.24, 2.45) is 11.8 Å². The van der Waals surface area contributed by atoms with Crippen LogP contribution in [0.5, 0.6) is 0 Å². The van der Waals surface area contributed by atoms with E-state index in [4.69, 9.17) is 4.74 Å². The second-order valence-electron chi connectivity index (χ2n) is 6.68. The monoisotopic (exact) mass is 352 g/mol. The molecule has 2 aliphatic rings. The zero-order valence-corrected chi connectivity index (χ0v) is 14.7. The molecule has 1 aliphatic carbocycles. The number of likely N-dealkylation sites (tertiary alicyclic amines) is 1. The van der Waals surface area contributed by atoms with Gasteiger partial charge in [0.05, 0.1) is 11.5 Å². The van der Waals surface area contributed by atoms with Gasteiger partial charge < -0.3 is 9.64 Å². The van der Waals surface area contributed by atoms with Crippen LogP contribution in [-0.2, 0) is 14.8 Å². The van der Waals surface area contributed by atoms with Gasteiger partial charge in [-0.1, -0.05) is 0 Å². The number of nitrogens with one attached hydrogen (secondary N) is 1. The quantitative estimate of drug-likeness (QED) is 0.807. The summed E-state index contributed by atoms with van der Waals surface area (Å²) in [5.74, 6) is 0.810. The highest BCUT2D eigenvalue weighted by Gasteiger charge is 2.27. The predicted octanol–water partition coefficient (Wildman–Crippen LogP) is 1.48. The lowest BCUT2D eigenvalue weighted by Crippen LogP contribution is -2.29. The number of ether oxygens (including phenoxy) is 1. The third kappa shape index (κ3) is 4.15. The number of hydrogen-bond acceptors (Lipinski definition) is 4. The summed E-state index contributed by atoms with van der Waals surface area (Å²) in [7, 11) is -1.82. The molecule has 3 rings (SSSR count). The van der Waals surface area contributed by atoms with E-state index in [-0.39, 0.29) is 10.8 Å². The van der Waals surface area contributed by atoms with Gasteiger partial charge in [0.15, 0.2) is 0 Å². The first-order valence-electron chi connectivity index (χ1n) is 8.37. The Bertz CT molecular complexity index is 683. The van der Waals surface area contributed by atoms with Crippen LogP contribution in [-0.4, -0.2) is 52.6 Å². The van der Waals surface area contributed by atoms with E-state index in [2.05, 4.69) is 4.72 Å². The Morgan fingerprint density at radius 3 is 2.54 bits per heavy atom. The summed E-state index contributed by atoms with van der Waals surface area (Å²) < 4.78 is 32.2. The molecular weight excluding hydrogens is 328 g/mol. The maximum absolute atomic E-state index is 12.5. The van der Waals surface area contributed by atoms with E-state index < -0.39 is 10.0 Å². The van der Waals surface area contributed by atoms with Gasteiger partial charge in [-0.3, -0.25) is 4.79 Å². The summed E-state index contributed by atoms with van der Waals surface area (Å²) in [6, 6.07) is 6.20. The fourth-order valence-corrected chi connectivity index (χ4v) is 4.10. The number of hydrogen-bond donors (Lipinski definition) is 1. The molecule has 7 heteroatoms. The fourth-order valence-electron chi connectivity index (χ4n) is 2.98. The van der Waals surface area contributed by atoms with E-state index >= 15 is 0 Å². The number of carbonyl (C=O) groups is 1. The molecule has 1 heterocycles. The van der Waals surface area contributed by atoms with Gasteiger partial charge in [-0.25, -0.2) is 13.1 Å². The molecule has 1 aromatic carbocycles. The summed E-state index contributed by atoms with van der Waals surface area (Å²) in [5.41, 5.74) is 0.522. The normalized spacial score (nSPS) is 21.2. The van der Waals surface area contributed by atoms with Gasteiger partial charge in [0.2, 0.25) is 10.0 Å². The molecule has 1 amide bonds. The number of nitrogens with zero attached hydrogens (tertiary/aromatic N) is 1. The smallest absolute Gasteiger partial charge is 0.253 e. The maximum atomic E-state index is 12.5. The molecule has 2 fully saturated rings. The third-order valence-corrected chi connectivity index (χ3v) is 6.09. The summed E-state index contributed by atoms with van der Waals surface area (Å²) in [6.07, 6.45) is 3.13. The molecule has 0 aromatic heterocycles. The van der Waals surface area contributed by atoms with Crippen molar-refractivity contribution in [1.82, 2.24) is 9.62 Å². The van der Waals surface area contributed by atoms with Crippen molar-refractivity contribution >= 4 is 15.9 Å². The lowest BCUT2D eigenvalue weighted by molar-refractivity contribution is 0.0775. The van der Waals surface area contributed by atoms with Gasteiger partial charge in [0, 0.05) is 38.2 Å². The van der Waals surface area contributed by atoms with Crippen LogP contribution in [0.15, 0.2) is 29.2 Å². The molecule has 1 saturated heterocycles. The van der Waals surface area contributed by atoms with Crippen LogP contribution in [0.3, 0.4) is 0 Å². The molecule has 132 valence electrons. The molecule has 0 spiro atoms. The number of carbonyl (C=O) groups excluding carboxylic acids is 1. The van der Waals surface area contributed by atoms with Crippen molar-refractivity contribution in [2.45, 2.75) is 24.2 Å². The number of sulfonamides is 1. The Balaban J connectivity index is 1.62. The van der Waals surface area contributed by atoms with E-state index in [1.807, 2.05) is 0 Å². The van der Waals surface area contributed by atoms with E-state index in [0.29, 0.717) is 37.1 Å². The van der Waals surface area contributed by atoms with Gasteiger partial charge in [0.25, 0.3) is 5.91 Å². The van der Waals surface area contributed by atoms with Crippen molar-refractivity contribution in [2.75, 3.05) is 33.4 Å². The van der Waals surface area contributed by atoms with Crippen molar-refractivity contribution in [3.63, 3.8) is 0 Å². The molecule has 1 aliphatic heterocycles. The molecule has 24 heavy (non-hydrogen) atoms. The highest BCUT2D eigenvalue weighted by Crippen LogP contribution is 2.28. The van der Waals surface area contributed by atoms with Gasteiger partial charge in [-0.15, -0.1) is 0 Å². The van der Waals surface area contributed by atoms with Crippen molar-refractivity contribution in [3.8, 4) is 0 Å². The lowest BCUT2D eigenvalue weighted by Gasteiger charge is -2.16. The van der Waals surface area contributed by atoms with E-state index in [1.165, 1.54) is 12.1 Å². The molecular formula is C17H24N2O4S. The molecule has 0 radical (unpaired) electrons. The zero-order chi connectivity index (χ0) is 17.2. The number of benzene rings is 1. The first kappa shape index (κ1) is 17.4. The predicted molar refractivity (Wildman–Crippen MR) is 90.2 cm³/mol. The van der Waals surface area contributed by atoms with Crippen molar-refractivity contribution in [3.05, 3.63) is 29.8 Å². The van der Waals surface area contributed by atoms with Crippen molar-refractivity contribution in [1.29, 1.82) is 0 Å². The standard InChI is InChI=1S/C17H24N2O4S/c1-23-12-14-8-9-19(11-14)17(20)15-4-6-16(7-5-15)24(21,22)18-10-13-2-3-13/h4-7,13-14,18H,2-3,8-12H2,1H3. The van der Waals surface area contributed by atoms with E-state index in [0.717, 1.165) is 25.8 Å². The second-order valence-corrected chi connectivity index (χ2v) is 8.45.